The van der Waals surface area contributed by atoms with Crippen LogP contribution >= 0.6 is 0 Å². The van der Waals surface area contributed by atoms with Crippen molar-refractivity contribution in [3.8, 4) is 0 Å². The molecule has 1 aromatic heterocycles. The number of amides is 1. The van der Waals surface area contributed by atoms with E-state index in [0.717, 1.165) is 29.4 Å². The fourth-order valence-corrected chi connectivity index (χ4v) is 2.52. The van der Waals surface area contributed by atoms with Crippen molar-refractivity contribution in [2.24, 2.45) is 0 Å². The van der Waals surface area contributed by atoms with Crippen molar-refractivity contribution in [2.75, 3.05) is 13.7 Å². The van der Waals surface area contributed by atoms with E-state index in [1.807, 2.05) is 30.3 Å². The van der Waals surface area contributed by atoms with Gasteiger partial charge in [-0.3, -0.25) is 9.78 Å². The van der Waals surface area contributed by atoms with Crippen LogP contribution in [0.1, 0.15) is 34.8 Å². The van der Waals surface area contributed by atoms with Gasteiger partial charge in [0.1, 0.15) is 0 Å². The lowest BCUT2D eigenvalue weighted by molar-refractivity contribution is -0.148. The van der Waals surface area contributed by atoms with Crippen molar-refractivity contribution in [1.82, 2.24) is 10.3 Å². The van der Waals surface area contributed by atoms with Gasteiger partial charge in [0.25, 0.3) is 5.91 Å². The van der Waals surface area contributed by atoms with Gasteiger partial charge < -0.3 is 15.2 Å². The Bertz CT molecular complexity index is 755. The molecule has 0 spiro atoms. The van der Waals surface area contributed by atoms with Crippen molar-refractivity contribution < 1.29 is 19.4 Å². The molecule has 6 heteroatoms. The molecule has 2 N–H and O–H groups in total. The largest absolute Gasteiger partial charge is 0.479 e. The topological polar surface area (TPSA) is 88.5 Å². The van der Waals surface area contributed by atoms with E-state index in [4.69, 9.17) is 9.84 Å². The van der Waals surface area contributed by atoms with Crippen LogP contribution in [0, 0.1) is 0 Å². The summed E-state index contributed by atoms with van der Waals surface area (Å²) in [7, 11) is 1.30. The van der Waals surface area contributed by atoms with Crippen LogP contribution < -0.4 is 5.32 Å². The normalized spacial score (nSPS) is 15.3. The molecule has 23 heavy (non-hydrogen) atoms. The van der Waals surface area contributed by atoms with Gasteiger partial charge in [-0.2, -0.15) is 0 Å². The average molecular weight is 314 g/mol. The molecular weight excluding hydrogens is 296 g/mol. The molecule has 1 amide bonds. The Morgan fingerprint density at radius 2 is 2.13 bits per heavy atom. The van der Waals surface area contributed by atoms with Gasteiger partial charge in [-0.15, -0.1) is 0 Å². The lowest BCUT2D eigenvalue weighted by Crippen LogP contribution is -2.37. The monoisotopic (exact) mass is 314 g/mol. The SMILES string of the molecule is COC(CNC(=O)c1cc(C2CC2)nc2ccccc12)C(=O)O. The lowest BCUT2D eigenvalue weighted by atomic mass is 10.1. The number of carboxylic acid groups (broad SMARTS) is 1. The van der Waals surface area contributed by atoms with E-state index in [1.54, 1.807) is 0 Å². The number of nitrogens with one attached hydrogen (secondary N) is 1. The number of hydrogen-bond donors (Lipinski definition) is 2. The second-order valence-corrected chi connectivity index (χ2v) is 5.66. The molecule has 1 aliphatic rings. The number of carbonyl (C=O) groups excluding carboxylic acids is 1. The van der Waals surface area contributed by atoms with Crippen molar-refractivity contribution in [3.05, 3.63) is 41.6 Å². The highest BCUT2D eigenvalue weighted by Gasteiger charge is 2.27. The second-order valence-electron chi connectivity index (χ2n) is 5.66. The van der Waals surface area contributed by atoms with Crippen LogP contribution in [0.25, 0.3) is 10.9 Å². The molecule has 0 bridgehead atoms. The zero-order valence-corrected chi connectivity index (χ0v) is 12.8. The van der Waals surface area contributed by atoms with Crippen LogP contribution in [-0.2, 0) is 9.53 Å². The van der Waals surface area contributed by atoms with Crippen molar-refractivity contribution in [2.45, 2.75) is 24.9 Å². The summed E-state index contributed by atoms with van der Waals surface area (Å²) in [6.07, 6.45) is 1.13. The van der Waals surface area contributed by atoms with E-state index in [1.165, 1.54) is 7.11 Å². The molecule has 0 aliphatic heterocycles. The number of ether oxygens (including phenoxy) is 1. The molecular formula is C17H18N2O4. The predicted molar refractivity (Wildman–Crippen MR) is 84.5 cm³/mol. The molecule has 1 fully saturated rings. The number of methoxy groups -OCH3 is 1. The predicted octanol–water partition coefficient (Wildman–Crippen LogP) is 1.94. The van der Waals surface area contributed by atoms with Gasteiger partial charge in [-0.05, 0) is 25.0 Å². The summed E-state index contributed by atoms with van der Waals surface area (Å²) in [5.74, 6) is -0.989. The first-order valence-corrected chi connectivity index (χ1v) is 7.53. The van der Waals surface area contributed by atoms with E-state index < -0.39 is 12.1 Å². The number of carbonyl (C=O) groups is 2. The third kappa shape index (κ3) is 3.32. The third-order valence-corrected chi connectivity index (χ3v) is 3.98. The highest BCUT2D eigenvalue weighted by molar-refractivity contribution is 6.06. The number of aromatic nitrogens is 1. The number of para-hydroxylation sites is 1. The van der Waals surface area contributed by atoms with Gasteiger partial charge in [0.15, 0.2) is 6.10 Å². The summed E-state index contributed by atoms with van der Waals surface area (Å²) in [4.78, 5) is 28.1. The fourth-order valence-electron chi connectivity index (χ4n) is 2.52. The van der Waals surface area contributed by atoms with Crippen molar-refractivity contribution in [1.29, 1.82) is 0 Å². The Balaban J connectivity index is 1.88. The first kappa shape index (κ1) is 15.4. The minimum Gasteiger partial charge on any atom is -0.479 e. The summed E-state index contributed by atoms with van der Waals surface area (Å²) < 4.78 is 4.83. The summed E-state index contributed by atoms with van der Waals surface area (Å²) in [5.41, 5.74) is 2.23. The third-order valence-electron chi connectivity index (χ3n) is 3.98. The smallest absolute Gasteiger partial charge is 0.334 e. The molecule has 120 valence electrons. The molecule has 3 rings (SSSR count). The fraction of sp³-hybridized carbons (Fsp3) is 0.353. The summed E-state index contributed by atoms with van der Waals surface area (Å²) in [6.45, 7) is -0.0833. The molecule has 1 aromatic carbocycles. The highest BCUT2D eigenvalue weighted by Crippen LogP contribution is 2.40. The highest BCUT2D eigenvalue weighted by atomic mass is 16.5. The number of fused-ring (bicyclic) bond motifs is 1. The van der Waals surface area contributed by atoms with Crippen LogP contribution in [0.3, 0.4) is 0 Å². The zero-order valence-electron chi connectivity index (χ0n) is 12.8. The van der Waals surface area contributed by atoms with Crippen LogP contribution in [0.5, 0.6) is 0 Å². The van der Waals surface area contributed by atoms with Crippen LogP contribution in [-0.4, -0.2) is 41.7 Å². The molecule has 2 aromatic rings. The van der Waals surface area contributed by atoms with Gasteiger partial charge in [0.2, 0.25) is 0 Å². The maximum absolute atomic E-state index is 12.5. The van der Waals surface area contributed by atoms with Gasteiger partial charge in [-0.1, -0.05) is 18.2 Å². The van der Waals surface area contributed by atoms with Gasteiger partial charge in [0, 0.05) is 24.1 Å². The first-order chi connectivity index (χ1) is 11.1. The van der Waals surface area contributed by atoms with Gasteiger partial charge >= 0.3 is 5.97 Å². The Labute approximate surface area is 133 Å². The Morgan fingerprint density at radius 3 is 2.78 bits per heavy atom. The van der Waals surface area contributed by atoms with Crippen LogP contribution in [0.2, 0.25) is 0 Å². The summed E-state index contributed by atoms with van der Waals surface area (Å²) >= 11 is 0. The zero-order chi connectivity index (χ0) is 16.4. The Kier molecular flexibility index (Phi) is 4.25. The van der Waals surface area contributed by atoms with Crippen LogP contribution in [0.15, 0.2) is 30.3 Å². The van der Waals surface area contributed by atoms with E-state index in [-0.39, 0.29) is 12.5 Å². The minimum absolute atomic E-state index is 0.0833. The molecule has 1 atom stereocenters. The Morgan fingerprint density at radius 1 is 1.39 bits per heavy atom. The molecule has 0 saturated heterocycles. The molecule has 1 saturated carbocycles. The Hall–Kier alpha value is -2.47. The van der Waals surface area contributed by atoms with E-state index in [9.17, 15) is 9.59 Å². The molecule has 1 heterocycles. The standard InChI is InChI=1S/C17H18N2O4/c1-23-15(17(21)22)9-18-16(20)12-8-14(10-6-7-10)19-13-5-3-2-4-11(12)13/h2-5,8,10,15H,6-7,9H2,1H3,(H,18,20)(H,21,22). The first-order valence-electron chi connectivity index (χ1n) is 7.53. The quantitative estimate of drug-likeness (QED) is 0.850. The van der Waals surface area contributed by atoms with Crippen molar-refractivity contribution >= 4 is 22.8 Å². The number of benzene rings is 1. The number of aliphatic carboxylic acids is 1. The maximum atomic E-state index is 12.5. The molecule has 6 nitrogen and oxygen atoms in total. The minimum atomic E-state index is -1.11. The summed E-state index contributed by atoms with van der Waals surface area (Å²) in [5, 5.41) is 12.4. The number of carboxylic acids is 1. The number of nitrogens with zero attached hydrogens (tertiary/aromatic N) is 1. The summed E-state index contributed by atoms with van der Waals surface area (Å²) in [6, 6.07) is 9.29. The number of hydrogen-bond acceptors (Lipinski definition) is 4. The maximum Gasteiger partial charge on any atom is 0.334 e. The number of pyridine rings is 1. The van der Waals surface area contributed by atoms with Gasteiger partial charge in [-0.25, -0.2) is 4.79 Å². The molecule has 0 radical (unpaired) electrons. The van der Waals surface area contributed by atoms with E-state index in [0.29, 0.717) is 11.5 Å². The lowest BCUT2D eigenvalue weighted by Gasteiger charge is -2.13. The van der Waals surface area contributed by atoms with Crippen LogP contribution in [0.4, 0.5) is 0 Å². The molecule has 1 unspecified atom stereocenters. The van der Waals surface area contributed by atoms with E-state index in [2.05, 4.69) is 10.3 Å². The van der Waals surface area contributed by atoms with Crippen molar-refractivity contribution in [3.63, 3.8) is 0 Å². The average Bonchev–Trinajstić information content (AvgIpc) is 3.38. The number of rotatable bonds is 6. The second kappa shape index (κ2) is 6.34. The van der Waals surface area contributed by atoms with Gasteiger partial charge in [0.05, 0.1) is 17.6 Å². The molecule has 1 aliphatic carbocycles. The van der Waals surface area contributed by atoms with E-state index >= 15 is 0 Å².